The summed E-state index contributed by atoms with van der Waals surface area (Å²) in [4.78, 5) is 25.6. The van der Waals surface area contributed by atoms with Gasteiger partial charge in [0.1, 0.15) is 5.37 Å². The number of hydrogen-bond acceptors (Lipinski definition) is 3. The molecule has 1 aliphatic rings. The smallest absolute Gasteiger partial charge is 0.255 e. The molecule has 1 unspecified atom stereocenters. The number of nitrogens with zero attached hydrogens (tertiary/aromatic N) is 1. The summed E-state index contributed by atoms with van der Waals surface area (Å²) >= 11 is 5.33. The molecule has 0 N–H and O–H groups in total. The Bertz CT molecular complexity index is 686. The maximum atomic E-state index is 12.5. The maximum absolute atomic E-state index is 12.5. The Morgan fingerprint density at radius 2 is 1.90 bits per heavy atom. The van der Waals surface area contributed by atoms with E-state index in [2.05, 4.69) is 12.6 Å². The van der Waals surface area contributed by atoms with Gasteiger partial charge in [-0.15, -0.1) is 24.4 Å². The SMILES string of the molecule is O=C(S)C1SCCN1C(=O)c1ccc2ccccc2c1. The van der Waals surface area contributed by atoms with Crippen LogP contribution in [-0.2, 0) is 4.79 Å². The molecule has 0 radical (unpaired) electrons. The highest BCUT2D eigenvalue weighted by atomic mass is 32.2. The number of thioether (sulfide) groups is 1. The summed E-state index contributed by atoms with van der Waals surface area (Å²) in [5.41, 5.74) is 0.616. The Morgan fingerprint density at radius 3 is 2.65 bits per heavy atom. The van der Waals surface area contributed by atoms with E-state index in [0.717, 1.165) is 16.5 Å². The van der Waals surface area contributed by atoms with Crippen LogP contribution >= 0.6 is 24.4 Å². The van der Waals surface area contributed by atoms with Crippen LogP contribution in [0.4, 0.5) is 0 Å². The van der Waals surface area contributed by atoms with E-state index >= 15 is 0 Å². The zero-order valence-corrected chi connectivity index (χ0v) is 12.4. The molecule has 1 atom stereocenters. The third kappa shape index (κ3) is 2.43. The van der Waals surface area contributed by atoms with Crippen molar-refractivity contribution >= 4 is 46.2 Å². The average Bonchev–Trinajstić information content (AvgIpc) is 2.95. The van der Waals surface area contributed by atoms with Crippen LogP contribution in [0, 0.1) is 0 Å². The highest BCUT2D eigenvalue weighted by Gasteiger charge is 2.33. The molecule has 0 bridgehead atoms. The first-order chi connectivity index (χ1) is 9.66. The standard InChI is InChI=1S/C15H13NO2S2/c17-13(16-7-8-20-14(16)15(18)19)12-6-5-10-3-1-2-4-11(10)9-12/h1-6,9,14H,7-8H2,(H,18,19). The number of carbonyl (C=O) groups is 2. The average molecular weight is 303 g/mol. The van der Waals surface area contributed by atoms with Gasteiger partial charge < -0.3 is 4.90 Å². The van der Waals surface area contributed by atoms with Crippen LogP contribution in [0.25, 0.3) is 10.8 Å². The second-order valence-corrected chi connectivity index (χ2v) is 6.25. The Hall–Kier alpha value is -1.46. The molecule has 2 aromatic rings. The summed E-state index contributed by atoms with van der Waals surface area (Å²) in [5, 5.41) is 1.40. The number of benzene rings is 2. The van der Waals surface area contributed by atoms with E-state index in [4.69, 9.17) is 0 Å². The third-order valence-corrected chi connectivity index (χ3v) is 4.98. The van der Waals surface area contributed by atoms with Crippen LogP contribution in [0.15, 0.2) is 42.5 Å². The molecule has 0 aromatic heterocycles. The fraction of sp³-hybridized carbons (Fsp3) is 0.200. The van der Waals surface area contributed by atoms with Crippen molar-refractivity contribution in [3.05, 3.63) is 48.0 Å². The zero-order chi connectivity index (χ0) is 14.1. The molecule has 1 aliphatic heterocycles. The van der Waals surface area contributed by atoms with Crippen LogP contribution in [0.2, 0.25) is 0 Å². The number of rotatable bonds is 2. The summed E-state index contributed by atoms with van der Waals surface area (Å²) in [7, 11) is 0. The van der Waals surface area contributed by atoms with Gasteiger partial charge in [-0.05, 0) is 22.9 Å². The van der Waals surface area contributed by atoms with Crippen molar-refractivity contribution in [3.63, 3.8) is 0 Å². The first kappa shape index (κ1) is 13.5. The maximum Gasteiger partial charge on any atom is 0.255 e. The molecule has 1 heterocycles. The largest absolute Gasteiger partial charge is 0.318 e. The first-order valence-corrected chi connectivity index (χ1v) is 7.80. The summed E-state index contributed by atoms with van der Waals surface area (Å²) in [6.07, 6.45) is 0. The van der Waals surface area contributed by atoms with Gasteiger partial charge in [0.15, 0.2) is 0 Å². The van der Waals surface area contributed by atoms with Crippen molar-refractivity contribution in [2.75, 3.05) is 12.3 Å². The van der Waals surface area contributed by atoms with Crippen LogP contribution in [0.3, 0.4) is 0 Å². The highest BCUT2D eigenvalue weighted by Crippen LogP contribution is 2.28. The Balaban J connectivity index is 1.94. The quantitative estimate of drug-likeness (QED) is 0.867. The van der Waals surface area contributed by atoms with E-state index in [0.29, 0.717) is 12.1 Å². The minimum absolute atomic E-state index is 0.104. The molecule has 1 amide bonds. The topological polar surface area (TPSA) is 37.4 Å². The van der Waals surface area contributed by atoms with Gasteiger partial charge in [-0.3, -0.25) is 9.59 Å². The summed E-state index contributed by atoms with van der Waals surface area (Å²) < 4.78 is 0. The second kappa shape index (κ2) is 5.50. The van der Waals surface area contributed by atoms with E-state index in [-0.39, 0.29) is 11.0 Å². The third-order valence-electron chi connectivity index (χ3n) is 3.36. The Morgan fingerprint density at radius 1 is 1.15 bits per heavy atom. The fourth-order valence-corrected chi connectivity index (χ4v) is 3.78. The van der Waals surface area contributed by atoms with Crippen molar-refractivity contribution in [1.29, 1.82) is 0 Å². The fourth-order valence-electron chi connectivity index (χ4n) is 2.37. The highest BCUT2D eigenvalue weighted by molar-refractivity contribution is 8.05. The molecule has 3 nitrogen and oxygen atoms in total. The van der Waals surface area contributed by atoms with Gasteiger partial charge in [-0.2, -0.15) is 0 Å². The lowest BCUT2D eigenvalue weighted by Gasteiger charge is -2.21. The molecule has 5 heteroatoms. The molecule has 102 valence electrons. The second-order valence-electron chi connectivity index (χ2n) is 4.62. The molecular formula is C15H13NO2S2. The van der Waals surface area contributed by atoms with Crippen LogP contribution in [0.1, 0.15) is 10.4 Å². The minimum atomic E-state index is -0.461. The summed E-state index contributed by atoms with van der Waals surface area (Å²) in [6, 6.07) is 13.5. The van der Waals surface area contributed by atoms with Crippen molar-refractivity contribution in [3.8, 4) is 0 Å². The van der Waals surface area contributed by atoms with Crippen molar-refractivity contribution in [2.45, 2.75) is 5.37 Å². The molecule has 20 heavy (non-hydrogen) atoms. The molecule has 1 saturated heterocycles. The number of fused-ring (bicyclic) bond motifs is 1. The Kier molecular flexibility index (Phi) is 3.72. The van der Waals surface area contributed by atoms with Gasteiger partial charge in [-0.25, -0.2) is 0 Å². The van der Waals surface area contributed by atoms with Crippen molar-refractivity contribution in [1.82, 2.24) is 4.90 Å². The number of carbonyl (C=O) groups excluding carboxylic acids is 2. The van der Waals surface area contributed by atoms with Crippen molar-refractivity contribution in [2.24, 2.45) is 0 Å². The van der Waals surface area contributed by atoms with E-state index in [1.165, 1.54) is 11.8 Å². The first-order valence-electron chi connectivity index (χ1n) is 6.31. The summed E-state index contributed by atoms with van der Waals surface area (Å²) in [6.45, 7) is 0.591. The number of hydrogen-bond donors (Lipinski definition) is 1. The van der Waals surface area contributed by atoms with Crippen LogP contribution in [0.5, 0.6) is 0 Å². The zero-order valence-electron chi connectivity index (χ0n) is 10.7. The van der Waals surface area contributed by atoms with Crippen LogP contribution < -0.4 is 0 Å². The van der Waals surface area contributed by atoms with E-state index < -0.39 is 5.37 Å². The van der Waals surface area contributed by atoms with Crippen molar-refractivity contribution < 1.29 is 9.59 Å². The van der Waals surface area contributed by atoms with Crippen LogP contribution in [-0.4, -0.2) is 33.6 Å². The predicted molar refractivity (Wildman–Crippen MR) is 85.2 cm³/mol. The minimum Gasteiger partial charge on any atom is -0.318 e. The van der Waals surface area contributed by atoms with Gasteiger partial charge in [0, 0.05) is 17.9 Å². The molecule has 0 saturated carbocycles. The van der Waals surface area contributed by atoms with Gasteiger partial charge >= 0.3 is 0 Å². The molecule has 2 aromatic carbocycles. The summed E-state index contributed by atoms with van der Waals surface area (Å²) in [5.74, 6) is 0.671. The van der Waals surface area contributed by atoms with E-state index in [9.17, 15) is 9.59 Å². The van der Waals surface area contributed by atoms with Gasteiger partial charge in [0.05, 0.1) is 0 Å². The molecule has 0 spiro atoms. The van der Waals surface area contributed by atoms with Gasteiger partial charge in [0.25, 0.3) is 5.91 Å². The lowest BCUT2D eigenvalue weighted by atomic mass is 10.1. The lowest BCUT2D eigenvalue weighted by Crippen LogP contribution is -2.37. The molecular weight excluding hydrogens is 290 g/mol. The molecule has 0 aliphatic carbocycles. The van der Waals surface area contributed by atoms with Gasteiger partial charge in [-0.1, -0.05) is 30.3 Å². The predicted octanol–water partition coefficient (Wildman–Crippen LogP) is 2.81. The number of amides is 1. The van der Waals surface area contributed by atoms with E-state index in [1.807, 2.05) is 42.5 Å². The number of thiol groups is 1. The van der Waals surface area contributed by atoms with Gasteiger partial charge in [0.2, 0.25) is 5.12 Å². The monoisotopic (exact) mass is 303 g/mol. The van der Waals surface area contributed by atoms with E-state index in [1.54, 1.807) is 4.90 Å². The normalized spacial score (nSPS) is 18.4. The lowest BCUT2D eigenvalue weighted by molar-refractivity contribution is -0.112. The molecule has 3 rings (SSSR count). The Labute approximate surface area is 126 Å². The molecule has 1 fully saturated rings.